The average molecular weight is 637 g/mol. The van der Waals surface area contributed by atoms with Gasteiger partial charge in [-0.2, -0.15) is 15.1 Å². The average Bonchev–Trinajstić information content (AvgIpc) is 3.73. The van der Waals surface area contributed by atoms with E-state index in [1.54, 1.807) is 0 Å². The molecule has 3 aliphatic heterocycles. The molecule has 0 aliphatic carbocycles. The second kappa shape index (κ2) is 11.0. The summed E-state index contributed by atoms with van der Waals surface area (Å²) in [4.78, 5) is 14.3. The topological polar surface area (TPSA) is 68.5 Å². The van der Waals surface area contributed by atoms with Crippen LogP contribution in [0, 0.1) is 0 Å². The van der Waals surface area contributed by atoms with Crippen LogP contribution in [0.1, 0.15) is 77.3 Å². The maximum atomic E-state index is 6.58. The van der Waals surface area contributed by atoms with E-state index in [0.717, 1.165) is 51.5 Å². The van der Waals surface area contributed by atoms with Crippen LogP contribution in [-0.4, -0.2) is 45.1 Å². The Kier molecular flexibility index (Phi) is 6.95. The number of fused-ring (bicyclic) bond motifs is 4. The Morgan fingerprint density at radius 1 is 0.792 bits per heavy atom. The second-order valence-corrected chi connectivity index (χ2v) is 14.9. The first-order valence-electron chi connectivity index (χ1n) is 16.9. The molecule has 2 aromatic heterocycles. The highest BCUT2D eigenvalue weighted by atomic mass is 16.5. The Labute approximate surface area is 283 Å². The normalized spacial score (nSPS) is 14.7. The van der Waals surface area contributed by atoms with Gasteiger partial charge in [-0.25, -0.2) is 4.68 Å². The number of aromatic nitrogens is 4. The van der Waals surface area contributed by atoms with Crippen molar-refractivity contribution in [2.24, 2.45) is 0 Å². The lowest BCUT2D eigenvalue weighted by atomic mass is 9.35. The zero-order valence-electron chi connectivity index (χ0n) is 28.9. The van der Waals surface area contributed by atoms with Gasteiger partial charge in [0.05, 0.1) is 24.0 Å². The van der Waals surface area contributed by atoms with Gasteiger partial charge in [-0.1, -0.05) is 66.7 Å². The SMILES string of the molecule is CC(C)c1cccc(C(C)C)c1-c1cnn(-c2ccc3c(c2)B2c4cc(N5C=CN(C)C5)ccc4Oc4nc(C(C)(C)C)nc(c42)O3)c1. The molecule has 0 radical (unpaired) electrons. The summed E-state index contributed by atoms with van der Waals surface area (Å²) in [5.74, 6) is 4.16. The lowest BCUT2D eigenvalue weighted by Crippen LogP contribution is -2.58. The Bertz CT molecular complexity index is 2070. The van der Waals surface area contributed by atoms with Gasteiger partial charge in [-0.15, -0.1) is 0 Å². The van der Waals surface area contributed by atoms with Crippen molar-refractivity contribution in [3.05, 3.63) is 96.3 Å². The quantitative estimate of drug-likeness (QED) is 0.193. The second-order valence-electron chi connectivity index (χ2n) is 14.9. The molecule has 0 atom stereocenters. The van der Waals surface area contributed by atoms with Gasteiger partial charge in [-0.05, 0) is 75.8 Å². The summed E-state index contributed by atoms with van der Waals surface area (Å²) < 4.78 is 15.1. The summed E-state index contributed by atoms with van der Waals surface area (Å²) in [7, 11) is 2.08. The van der Waals surface area contributed by atoms with E-state index in [4.69, 9.17) is 24.5 Å². The number of hydrogen-bond acceptors (Lipinski definition) is 7. The third-order valence-corrected chi connectivity index (χ3v) is 9.57. The lowest BCUT2D eigenvalue weighted by Gasteiger charge is -2.33. The van der Waals surface area contributed by atoms with Gasteiger partial charge in [0.25, 0.3) is 6.71 Å². The fourth-order valence-electron chi connectivity index (χ4n) is 7.06. The molecule has 3 aliphatic rings. The highest BCUT2D eigenvalue weighted by Crippen LogP contribution is 2.38. The molecule has 0 bridgehead atoms. The predicted octanol–water partition coefficient (Wildman–Crippen LogP) is 6.78. The summed E-state index contributed by atoms with van der Waals surface area (Å²) >= 11 is 0. The zero-order chi connectivity index (χ0) is 33.5. The maximum Gasteiger partial charge on any atom is 0.265 e. The molecule has 0 unspecified atom stereocenters. The standard InChI is InChI=1S/C39H41BN6O2/c1-23(2)28-10-9-11-29(24(3)4)34(28)25-20-41-46(21-25)27-13-15-33-31(19-27)40-30-18-26(45-17-16-44(8)22-45)12-14-32(30)47-36-35(40)37(48-33)43-38(42-36)39(5,6)7/h9-21,23-24H,22H2,1-8H3. The number of anilines is 1. The first-order chi connectivity index (χ1) is 23.0. The summed E-state index contributed by atoms with van der Waals surface area (Å²) in [6.45, 7) is 16.0. The van der Waals surface area contributed by atoms with Crippen molar-refractivity contribution in [3.63, 3.8) is 0 Å². The highest BCUT2D eigenvalue weighted by Gasteiger charge is 2.43. The minimum absolute atomic E-state index is 0.176. The number of nitrogens with zero attached hydrogens (tertiary/aromatic N) is 6. The highest BCUT2D eigenvalue weighted by molar-refractivity contribution is 6.98. The Morgan fingerprint density at radius 2 is 1.40 bits per heavy atom. The minimum Gasteiger partial charge on any atom is -0.440 e. The molecule has 0 N–H and O–H groups in total. The molecular formula is C39H41BN6O2. The Morgan fingerprint density at radius 3 is 1.96 bits per heavy atom. The van der Waals surface area contributed by atoms with Crippen LogP contribution >= 0.6 is 0 Å². The lowest BCUT2D eigenvalue weighted by molar-refractivity contribution is 0.418. The van der Waals surface area contributed by atoms with E-state index in [0.29, 0.717) is 29.4 Å². The minimum atomic E-state index is -0.280. The van der Waals surface area contributed by atoms with Crippen LogP contribution in [0.4, 0.5) is 5.69 Å². The first kappa shape index (κ1) is 30.3. The number of benzene rings is 3. The van der Waals surface area contributed by atoms with Gasteiger partial charge in [0.1, 0.15) is 17.3 Å². The summed E-state index contributed by atoms with van der Waals surface area (Å²) in [5, 5.41) is 4.90. The fraction of sp³-hybridized carbons (Fsp3) is 0.308. The third-order valence-electron chi connectivity index (χ3n) is 9.57. The van der Waals surface area contributed by atoms with Gasteiger partial charge < -0.3 is 19.3 Å². The molecule has 3 aromatic carbocycles. The molecule has 0 fully saturated rings. The van der Waals surface area contributed by atoms with E-state index < -0.39 is 0 Å². The van der Waals surface area contributed by atoms with E-state index in [1.807, 2.05) is 16.9 Å². The van der Waals surface area contributed by atoms with Crippen LogP contribution in [0.2, 0.25) is 0 Å². The number of rotatable bonds is 5. The summed E-state index contributed by atoms with van der Waals surface area (Å²) in [5.41, 5.74) is 9.82. The molecule has 242 valence electrons. The van der Waals surface area contributed by atoms with Crippen molar-refractivity contribution in [2.75, 3.05) is 18.6 Å². The first-order valence-corrected chi connectivity index (χ1v) is 16.9. The Balaban J connectivity index is 1.27. The fourth-order valence-corrected chi connectivity index (χ4v) is 7.06. The van der Waals surface area contributed by atoms with E-state index in [-0.39, 0.29) is 12.1 Å². The van der Waals surface area contributed by atoms with Gasteiger partial charge in [0.2, 0.25) is 11.8 Å². The van der Waals surface area contributed by atoms with Crippen LogP contribution in [0.25, 0.3) is 16.8 Å². The van der Waals surface area contributed by atoms with Crippen LogP contribution in [0.5, 0.6) is 23.3 Å². The molecule has 9 heteroatoms. The molecule has 48 heavy (non-hydrogen) atoms. The van der Waals surface area contributed by atoms with Crippen molar-refractivity contribution >= 4 is 28.8 Å². The molecule has 5 heterocycles. The molecule has 8 rings (SSSR count). The van der Waals surface area contributed by atoms with Crippen molar-refractivity contribution < 1.29 is 9.47 Å². The van der Waals surface area contributed by atoms with E-state index >= 15 is 0 Å². The van der Waals surface area contributed by atoms with E-state index in [9.17, 15) is 0 Å². The van der Waals surface area contributed by atoms with Crippen LogP contribution in [0.3, 0.4) is 0 Å². The molecule has 8 nitrogen and oxygen atoms in total. The van der Waals surface area contributed by atoms with Crippen LogP contribution in [-0.2, 0) is 5.41 Å². The van der Waals surface area contributed by atoms with Crippen LogP contribution < -0.4 is 30.8 Å². The molecule has 0 amide bonds. The van der Waals surface area contributed by atoms with Gasteiger partial charge in [0, 0.05) is 42.3 Å². The zero-order valence-corrected chi connectivity index (χ0v) is 28.9. The molecule has 5 aromatic rings. The van der Waals surface area contributed by atoms with Gasteiger partial charge in [-0.3, -0.25) is 0 Å². The molecule has 0 saturated carbocycles. The van der Waals surface area contributed by atoms with E-state index in [1.165, 1.54) is 16.7 Å². The smallest absolute Gasteiger partial charge is 0.265 e. The Hall–Kier alpha value is -5.05. The summed E-state index contributed by atoms with van der Waals surface area (Å²) in [6.07, 6.45) is 8.35. The summed E-state index contributed by atoms with van der Waals surface area (Å²) in [6, 6.07) is 19.4. The maximum absolute atomic E-state index is 6.58. The van der Waals surface area contributed by atoms with Crippen molar-refractivity contribution in [2.45, 2.75) is 65.7 Å². The van der Waals surface area contributed by atoms with Crippen molar-refractivity contribution in [1.82, 2.24) is 24.6 Å². The third kappa shape index (κ3) is 4.95. The van der Waals surface area contributed by atoms with Crippen molar-refractivity contribution in [1.29, 1.82) is 0 Å². The predicted molar refractivity (Wildman–Crippen MR) is 193 cm³/mol. The number of hydrogen-bond donors (Lipinski definition) is 0. The molecule has 0 saturated heterocycles. The number of ether oxygens (including phenoxy) is 2. The molecule has 0 spiro atoms. The largest absolute Gasteiger partial charge is 0.440 e. The van der Waals surface area contributed by atoms with Gasteiger partial charge >= 0.3 is 0 Å². The van der Waals surface area contributed by atoms with Gasteiger partial charge in [0.15, 0.2) is 0 Å². The molecular weight excluding hydrogens is 595 g/mol. The van der Waals surface area contributed by atoms with Crippen LogP contribution in [0.15, 0.2) is 79.4 Å². The monoisotopic (exact) mass is 636 g/mol. The van der Waals surface area contributed by atoms with E-state index in [2.05, 4.69) is 132 Å². The van der Waals surface area contributed by atoms with Crippen molar-refractivity contribution in [3.8, 4) is 40.1 Å².